The van der Waals surface area contributed by atoms with Crippen LogP contribution in [0.4, 0.5) is 0 Å². The Morgan fingerprint density at radius 2 is 1.90 bits per heavy atom. The van der Waals surface area contributed by atoms with E-state index < -0.39 is 0 Å². The quantitative estimate of drug-likeness (QED) is 0.683. The van der Waals surface area contributed by atoms with E-state index in [-0.39, 0.29) is 0 Å². The molecule has 0 radical (unpaired) electrons. The first-order chi connectivity index (χ1) is 9.63. The molecule has 104 valence electrons. The van der Waals surface area contributed by atoms with Crippen LogP contribution < -0.4 is 4.74 Å². The zero-order valence-electron chi connectivity index (χ0n) is 11.6. The second kappa shape index (κ2) is 6.58. The highest BCUT2D eigenvalue weighted by atomic mass is 35.5. The second-order valence-electron chi connectivity index (χ2n) is 4.78. The van der Waals surface area contributed by atoms with Crippen LogP contribution in [0.5, 0.6) is 11.5 Å². The molecule has 2 aromatic carbocycles. The van der Waals surface area contributed by atoms with Crippen molar-refractivity contribution < 1.29 is 9.53 Å². The molecule has 2 rings (SSSR count). The molecular formula is C17H17ClO2. The molecule has 0 fully saturated rings. The normalized spacial score (nSPS) is 11.9. The monoisotopic (exact) mass is 288 g/mol. The van der Waals surface area contributed by atoms with Gasteiger partial charge in [-0.15, -0.1) is 0 Å². The topological polar surface area (TPSA) is 26.3 Å². The first-order valence-corrected chi connectivity index (χ1v) is 7.04. The molecule has 0 N–H and O–H groups in total. The highest BCUT2D eigenvalue weighted by Gasteiger charge is 2.07. The summed E-state index contributed by atoms with van der Waals surface area (Å²) in [4.78, 5) is 11.0. The summed E-state index contributed by atoms with van der Waals surface area (Å²) in [5, 5.41) is 0.520. The standard InChI is InChI=1S/C17H17ClO2/c1-3-12(2)13-4-7-16(8-5-13)20-17-9-6-15(18)10-14(17)11-19/h4-12H,3H2,1-2H3. The molecule has 0 amide bonds. The van der Waals surface area contributed by atoms with Crippen molar-refractivity contribution in [3.63, 3.8) is 0 Å². The van der Waals surface area contributed by atoms with Crippen LogP contribution in [-0.2, 0) is 0 Å². The number of rotatable bonds is 5. The third-order valence-electron chi connectivity index (χ3n) is 3.39. The van der Waals surface area contributed by atoms with Crippen LogP contribution in [0.3, 0.4) is 0 Å². The van der Waals surface area contributed by atoms with Crippen LogP contribution in [0.1, 0.15) is 42.1 Å². The van der Waals surface area contributed by atoms with Gasteiger partial charge in [-0.2, -0.15) is 0 Å². The molecule has 2 aromatic rings. The van der Waals surface area contributed by atoms with Crippen molar-refractivity contribution >= 4 is 17.9 Å². The Labute approximate surface area is 124 Å². The summed E-state index contributed by atoms with van der Waals surface area (Å²) in [7, 11) is 0. The van der Waals surface area contributed by atoms with Crippen molar-refractivity contribution in [1.29, 1.82) is 0 Å². The third kappa shape index (κ3) is 3.40. The van der Waals surface area contributed by atoms with Gasteiger partial charge in [-0.05, 0) is 48.2 Å². The minimum absolute atomic E-state index is 0.448. The molecule has 20 heavy (non-hydrogen) atoms. The van der Waals surface area contributed by atoms with Crippen molar-refractivity contribution in [2.45, 2.75) is 26.2 Å². The van der Waals surface area contributed by atoms with Crippen LogP contribution in [-0.4, -0.2) is 6.29 Å². The highest BCUT2D eigenvalue weighted by molar-refractivity contribution is 6.30. The van der Waals surface area contributed by atoms with E-state index in [0.717, 1.165) is 12.7 Å². The molecule has 0 aliphatic carbocycles. The van der Waals surface area contributed by atoms with Gasteiger partial charge in [-0.25, -0.2) is 0 Å². The van der Waals surface area contributed by atoms with Gasteiger partial charge in [-0.1, -0.05) is 37.6 Å². The van der Waals surface area contributed by atoms with Crippen LogP contribution in [0.25, 0.3) is 0 Å². The Morgan fingerprint density at radius 1 is 1.20 bits per heavy atom. The fourth-order valence-corrected chi connectivity index (χ4v) is 2.11. The lowest BCUT2D eigenvalue weighted by molar-refractivity contribution is 0.112. The number of aldehydes is 1. The van der Waals surface area contributed by atoms with Crippen LogP contribution in [0.15, 0.2) is 42.5 Å². The van der Waals surface area contributed by atoms with Crippen molar-refractivity contribution in [1.82, 2.24) is 0 Å². The zero-order chi connectivity index (χ0) is 14.5. The average molecular weight is 289 g/mol. The lowest BCUT2D eigenvalue weighted by Crippen LogP contribution is -1.93. The van der Waals surface area contributed by atoms with E-state index in [4.69, 9.17) is 16.3 Å². The lowest BCUT2D eigenvalue weighted by Gasteiger charge is -2.11. The molecule has 0 aliphatic rings. The summed E-state index contributed by atoms with van der Waals surface area (Å²) in [6.45, 7) is 4.36. The zero-order valence-corrected chi connectivity index (χ0v) is 12.4. The molecule has 0 saturated carbocycles. The van der Waals surface area contributed by atoms with Crippen molar-refractivity contribution in [3.05, 3.63) is 58.6 Å². The van der Waals surface area contributed by atoms with Crippen LogP contribution in [0.2, 0.25) is 5.02 Å². The molecule has 1 unspecified atom stereocenters. The van der Waals surface area contributed by atoms with Gasteiger partial charge in [0.1, 0.15) is 11.5 Å². The van der Waals surface area contributed by atoms with E-state index in [9.17, 15) is 4.79 Å². The Bertz CT molecular complexity index is 590. The Morgan fingerprint density at radius 3 is 2.50 bits per heavy atom. The summed E-state index contributed by atoms with van der Waals surface area (Å²) in [6, 6.07) is 13.0. The maximum atomic E-state index is 11.0. The summed E-state index contributed by atoms with van der Waals surface area (Å²) in [5.74, 6) is 1.76. The molecule has 3 heteroatoms. The van der Waals surface area contributed by atoms with Crippen molar-refractivity contribution in [3.8, 4) is 11.5 Å². The maximum Gasteiger partial charge on any atom is 0.153 e. The fraction of sp³-hybridized carbons (Fsp3) is 0.235. The predicted molar refractivity (Wildman–Crippen MR) is 82.1 cm³/mol. The molecule has 2 nitrogen and oxygen atoms in total. The van der Waals surface area contributed by atoms with E-state index in [1.165, 1.54) is 5.56 Å². The minimum Gasteiger partial charge on any atom is -0.457 e. The molecule has 0 spiro atoms. The van der Waals surface area contributed by atoms with Gasteiger partial charge in [0.25, 0.3) is 0 Å². The maximum absolute atomic E-state index is 11.0. The first kappa shape index (κ1) is 14.6. The molecule has 0 aromatic heterocycles. The summed E-state index contributed by atoms with van der Waals surface area (Å²) in [6.07, 6.45) is 1.85. The van der Waals surface area contributed by atoms with Crippen molar-refractivity contribution in [2.24, 2.45) is 0 Å². The number of hydrogen-bond donors (Lipinski definition) is 0. The predicted octanol–water partition coefficient (Wildman–Crippen LogP) is 5.46. The SMILES string of the molecule is CCC(C)c1ccc(Oc2ccc(Cl)cc2C=O)cc1. The lowest BCUT2D eigenvalue weighted by atomic mass is 9.99. The Kier molecular flexibility index (Phi) is 4.80. The van der Waals surface area contributed by atoms with E-state index in [2.05, 4.69) is 26.0 Å². The first-order valence-electron chi connectivity index (χ1n) is 6.66. The van der Waals surface area contributed by atoms with Gasteiger partial charge in [-0.3, -0.25) is 4.79 Å². The summed E-state index contributed by atoms with van der Waals surface area (Å²) < 4.78 is 5.73. The van der Waals surface area contributed by atoms with Gasteiger partial charge < -0.3 is 4.74 Å². The van der Waals surface area contributed by atoms with Crippen molar-refractivity contribution in [2.75, 3.05) is 0 Å². The molecule has 0 aliphatic heterocycles. The second-order valence-corrected chi connectivity index (χ2v) is 5.22. The van der Waals surface area contributed by atoms with Gasteiger partial charge in [0.15, 0.2) is 6.29 Å². The Balaban J connectivity index is 2.20. The molecule has 0 bridgehead atoms. The van der Waals surface area contributed by atoms with Gasteiger partial charge >= 0.3 is 0 Å². The number of carbonyl (C=O) groups excluding carboxylic acids is 1. The molecular weight excluding hydrogens is 272 g/mol. The smallest absolute Gasteiger partial charge is 0.153 e. The molecule has 1 atom stereocenters. The average Bonchev–Trinajstić information content (AvgIpc) is 2.49. The number of ether oxygens (including phenoxy) is 1. The van der Waals surface area contributed by atoms with E-state index >= 15 is 0 Å². The summed E-state index contributed by atoms with van der Waals surface area (Å²) >= 11 is 5.86. The largest absolute Gasteiger partial charge is 0.457 e. The number of hydrogen-bond acceptors (Lipinski definition) is 2. The van der Waals surface area contributed by atoms with E-state index in [1.54, 1.807) is 18.2 Å². The summed E-state index contributed by atoms with van der Waals surface area (Å²) in [5.41, 5.74) is 1.73. The number of halogens is 1. The fourth-order valence-electron chi connectivity index (χ4n) is 1.93. The Hall–Kier alpha value is -1.80. The van der Waals surface area contributed by atoms with Crippen LogP contribution >= 0.6 is 11.6 Å². The van der Waals surface area contributed by atoms with Crippen LogP contribution in [0, 0.1) is 0 Å². The minimum atomic E-state index is 0.448. The number of carbonyl (C=O) groups is 1. The number of benzene rings is 2. The molecule has 0 heterocycles. The highest BCUT2D eigenvalue weighted by Crippen LogP contribution is 2.28. The van der Waals surface area contributed by atoms with Gasteiger partial charge in [0.05, 0.1) is 5.56 Å². The van der Waals surface area contributed by atoms with E-state index in [1.807, 2.05) is 12.1 Å². The molecule has 0 saturated heterocycles. The van der Waals surface area contributed by atoms with Gasteiger partial charge in [0, 0.05) is 5.02 Å². The third-order valence-corrected chi connectivity index (χ3v) is 3.62. The van der Waals surface area contributed by atoms with Gasteiger partial charge in [0.2, 0.25) is 0 Å². The van der Waals surface area contributed by atoms with E-state index in [0.29, 0.717) is 28.0 Å².